The number of benzene rings is 1. The Bertz CT molecular complexity index is 1520. The van der Waals surface area contributed by atoms with Crippen molar-refractivity contribution in [3.63, 3.8) is 0 Å². The van der Waals surface area contributed by atoms with Gasteiger partial charge >= 0.3 is 0 Å². The molecule has 0 spiro atoms. The van der Waals surface area contributed by atoms with Gasteiger partial charge in [-0.2, -0.15) is 9.97 Å². The lowest BCUT2D eigenvalue weighted by Crippen LogP contribution is -2.44. The van der Waals surface area contributed by atoms with Gasteiger partial charge in [0.2, 0.25) is 5.95 Å². The zero-order chi connectivity index (χ0) is 28.3. The van der Waals surface area contributed by atoms with Gasteiger partial charge in [0.25, 0.3) is 5.56 Å². The van der Waals surface area contributed by atoms with Gasteiger partial charge in [-0.25, -0.2) is 18.4 Å². The van der Waals surface area contributed by atoms with Gasteiger partial charge in [0, 0.05) is 57.1 Å². The van der Waals surface area contributed by atoms with Gasteiger partial charge < -0.3 is 24.5 Å². The second kappa shape index (κ2) is 13.5. The molecule has 2 N–H and O–H groups in total. The number of pyridine rings is 1. The van der Waals surface area contributed by atoms with E-state index in [2.05, 4.69) is 21.1 Å². The lowest BCUT2D eigenvalue weighted by Gasteiger charge is -2.37. The summed E-state index contributed by atoms with van der Waals surface area (Å²) in [6, 6.07) is 6.67. The van der Waals surface area contributed by atoms with Crippen molar-refractivity contribution in [1.29, 1.82) is 0 Å². The lowest BCUT2D eigenvalue weighted by molar-refractivity contribution is -0.0181. The van der Waals surface area contributed by atoms with Crippen LogP contribution >= 0.6 is 33.3 Å². The van der Waals surface area contributed by atoms with Gasteiger partial charge in [0.1, 0.15) is 22.4 Å². The third-order valence-corrected chi connectivity index (χ3v) is 7.11. The summed E-state index contributed by atoms with van der Waals surface area (Å²) in [5, 5.41) is 0.697. The van der Waals surface area contributed by atoms with Crippen LogP contribution < -0.4 is 20.8 Å². The number of rotatable bonds is 5. The molecule has 1 saturated heterocycles. The molecule has 2 atom stereocenters. The minimum absolute atomic E-state index is 0. The molecule has 15 heteroatoms. The van der Waals surface area contributed by atoms with Crippen LogP contribution in [0, 0.1) is 11.6 Å². The number of ether oxygens (including phenoxy) is 1. The van der Waals surface area contributed by atoms with Crippen molar-refractivity contribution >= 4 is 54.7 Å². The predicted octanol–water partition coefficient (Wildman–Crippen LogP) is 5.38. The fourth-order valence-electron chi connectivity index (χ4n) is 4.17. The number of fused-ring (bicyclic) bond motifs is 1. The van der Waals surface area contributed by atoms with E-state index < -0.39 is 11.6 Å². The highest BCUT2D eigenvalue weighted by molar-refractivity contribution is 8.16. The largest absolute Gasteiger partial charge is 0.367 e. The Hall–Kier alpha value is -3.04. The molecule has 5 rings (SSSR count). The first-order valence-electron chi connectivity index (χ1n) is 11.7. The number of aromatic nitrogens is 4. The number of hydrogen-bond donors (Lipinski definition) is 2. The van der Waals surface area contributed by atoms with Gasteiger partial charge in [0.05, 0.1) is 29.6 Å². The molecule has 40 heavy (non-hydrogen) atoms. The number of thiazole rings is 1. The normalized spacial score (nSPS) is 16.6. The molecule has 0 aliphatic carbocycles. The summed E-state index contributed by atoms with van der Waals surface area (Å²) in [4.78, 5) is 29.9. The second-order valence-corrected chi connectivity index (χ2v) is 10.4. The van der Waals surface area contributed by atoms with E-state index in [1.165, 1.54) is 34.2 Å². The summed E-state index contributed by atoms with van der Waals surface area (Å²) >= 11 is 1.57. The first kappa shape index (κ1) is 31.5. The zero-order valence-electron chi connectivity index (χ0n) is 21.4. The quantitative estimate of drug-likeness (QED) is 0.285. The van der Waals surface area contributed by atoms with Gasteiger partial charge in [-0.1, -0.05) is 18.8 Å². The predicted molar refractivity (Wildman–Crippen MR) is 159 cm³/mol. The Labute approximate surface area is 243 Å². The summed E-state index contributed by atoms with van der Waals surface area (Å²) in [5.74, 6) is -0.991. The van der Waals surface area contributed by atoms with E-state index in [0.717, 1.165) is 11.6 Å². The summed E-state index contributed by atoms with van der Waals surface area (Å²) < 4.78 is 43.9. The highest BCUT2D eigenvalue weighted by Gasteiger charge is 2.30. The minimum Gasteiger partial charge on any atom is -0.367 e. The van der Waals surface area contributed by atoms with Crippen LogP contribution in [0.25, 0.3) is 21.6 Å². The Morgan fingerprint density at radius 3 is 2.58 bits per heavy atom. The third kappa shape index (κ3) is 6.81. The van der Waals surface area contributed by atoms with Crippen molar-refractivity contribution in [2.75, 3.05) is 49.5 Å². The molecular weight excluding hydrogens is 584 g/mol. The van der Waals surface area contributed by atoms with Gasteiger partial charge in [-0.05, 0) is 35.8 Å². The van der Waals surface area contributed by atoms with E-state index in [-0.39, 0.29) is 42.0 Å². The SMILES string of the molecule is C.CNn1cc(C2CN(c3nc(-c4ccc(F)cc4F)c4sc(N(C)C)nc4n3)CC(C)O2)ccc1=O.OSCl. The number of nitrogens with zero attached hydrogens (tertiary/aromatic N) is 6. The maximum Gasteiger partial charge on any atom is 0.268 e. The van der Waals surface area contributed by atoms with Gasteiger partial charge in [-0.15, -0.1) is 0 Å². The van der Waals surface area contributed by atoms with Crippen LogP contribution in [-0.2, 0) is 4.74 Å². The van der Waals surface area contributed by atoms with Crippen molar-refractivity contribution < 1.29 is 18.1 Å². The topological polar surface area (TPSA) is 109 Å². The van der Waals surface area contributed by atoms with E-state index in [4.69, 9.17) is 19.3 Å². The summed E-state index contributed by atoms with van der Waals surface area (Å²) in [6.45, 7) is 2.86. The molecule has 0 radical (unpaired) electrons. The average molecular weight is 614 g/mol. The lowest BCUT2D eigenvalue weighted by atomic mass is 10.1. The second-order valence-electron chi connectivity index (χ2n) is 8.84. The molecule has 4 heterocycles. The van der Waals surface area contributed by atoms with Crippen LogP contribution in [0.1, 0.15) is 26.0 Å². The minimum atomic E-state index is -0.705. The standard InChI is InChI=1S/C24H25F2N7O2S.CH4.ClHOS/c1-13-10-32(12-18(35-13)14-5-8-19(34)33(11-14)27-2)23-28-20(16-7-6-15(25)9-17(16)26)21-22(29-23)30-24(36-21)31(3)4;;1-3-2/h5-9,11,13,18,27H,10,12H2,1-4H3;1H4;2H. The van der Waals surface area contributed by atoms with Crippen molar-refractivity contribution in [1.82, 2.24) is 19.6 Å². The summed E-state index contributed by atoms with van der Waals surface area (Å²) in [5.41, 5.74) is 4.44. The fourth-order valence-corrected chi connectivity index (χ4v) is 5.10. The smallest absolute Gasteiger partial charge is 0.268 e. The highest BCUT2D eigenvalue weighted by Crippen LogP contribution is 2.37. The fraction of sp³-hybridized carbons (Fsp3) is 0.360. The van der Waals surface area contributed by atoms with E-state index >= 15 is 0 Å². The molecule has 2 unspecified atom stereocenters. The van der Waals surface area contributed by atoms with Crippen LogP contribution in [0.2, 0.25) is 0 Å². The van der Waals surface area contributed by atoms with Crippen LogP contribution in [0.4, 0.5) is 19.9 Å². The maximum absolute atomic E-state index is 14.9. The molecule has 1 fully saturated rings. The van der Waals surface area contributed by atoms with E-state index in [1.807, 2.05) is 30.8 Å². The zero-order valence-corrected chi connectivity index (χ0v) is 23.8. The van der Waals surface area contributed by atoms with E-state index in [1.54, 1.807) is 19.3 Å². The summed E-state index contributed by atoms with van der Waals surface area (Å²) in [6.07, 6.45) is 1.18. The third-order valence-electron chi connectivity index (χ3n) is 5.89. The molecule has 216 valence electrons. The molecule has 1 aliphatic rings. The Balaban J connectivity index is 0.00000106. The highest BCUT2D eigenvalue weighted by atomic mass is 35.7. The maximum atomic E-state index is 14.9. The number of nitrogens with one attached hydrogen (secondary N) is 1. The monoisotopic (exact) mass is 613 g/mol. The molecule has 10 nitrogen and oxygen atoms in total. The Morgan fingerprint density at radius 2 is 1.93 bits per heavy atom. The van der Waals surface area contributed by atoms with Crippen molar-refractivity contribution in [2.45, 2.75) is 26.6 Å². The molecule has 4 aromatic rings. The van der Waals surface area contributed by atoms with Crippen LogP contribution in [-0.4, -0.2) is 64.5 Å². The van der Waals surface area contributed by atoms with Crippen molar-refractivity contribution in [2.24, 2.45) is 0 Å². The first-order chi connectivity index (χ1) is 18.6. The molecular formula is C25H30ClF2N7O3S2. The molecule has 0 bridgehead atoms. The number of anilines is 2. The van der Waals surface area contributed by atoms with Crippen LogP contribution in [0.5, 0.6) is 0 Å². The van der Waals surface area contributed by atoms with E-state index in [0.29, 0.717) is 40.2 Å². The van der Waals surface area contributed by atoms with Gasteiger partial charge in [-0.3, -0.25) is 4.79 Å². The van der Waals surface area contributed by atoms with Crippen molar-refractivity contribution in [3.8, 4) is 11.3 Å². The number of halogens is 3. The molecule has 1 aromatic carbocycles. The Morgan fingerprint density at radius 1 is 1.20 bits per heavy atom. The molecule has 1 aliphatic heterocycles. The molecule has 3 aromatic heterocycles. The first-order valence-corrected chi connectivity index (χ1v) is 14.1. The number of hydrogen-bond acceptors (Lipinski definition) is 11. The van der Waals surface area contributed by atoms with Gasteiger partial charge in [0.15, 0.2) is 10.8 Å². The van der Waals surface area contributed by atoms with Crippen LogP contribution in [0.15, 0.2) is 41.3 Å². The molecule has 0 amide bonds. The summed E-state index contributed by atoms with van der Waals surface area (Å²) in [7, 11) is 9.86. The van der Waals surface area contributed by atoms with Crippen molar-refractivity contribution in [3.05, 3.63) is 64.1 Å². The Kier molecular flexibility index (Phi) is 10.7. The molecule has 0 saturated carbocycles. The van der Waals surface area contributed by atoms with E-state index in [9.17, 15) is 13.6 Å². The van der Waals surface area contributed by atoms with Crippen LogP contribution in [0.3, 0.4) is 0 Å². The average Bonchev–Trinajstić information content (AvgIpc) is 3.34. The number of morpholine rings is 1.